The minimum atomic E-state index is 0.515. The summed E-state index contributed by atoms with van der Waals surface area (Å²) in [5, 5.41) is 0. The summed E-state index contributed by atoms with van der Waals surface area (Å²) in [6.07, 6.45) is 0. The molecule has 4 N–H and O–H groups in total. The molecule has 2 rings (SSSR count). The zero-order valence-electron chi connectivity index (χ0n) is 15.5. The number of rotatable bonds is 8. The lowest BCUT2D eigenvalue weighted by molar-refractivity contribution is 0.142. The molecular weight excluding hydrogens is 330 g/mol. The van der Waals surface area contributed by atoms with Crippen LogP contribution in [0.4, 0.5) is 11.4 Å². The Hall–Kier alpha value is -1.85. The first-order valence-corrected chi connectivity index (χ1v) is 9.50. The maximum absolute atomic E-state index is 5.96. The summed E-state index contributed by atoms with van der Waals surface area (Å²) >= 11 is 1.65. The van der Waals surface area contributed by atoms with E-state index in [4.69, 9.17) is 16.2 Å². The van der Waals surface area contributed by atoms with Crippen molar-refractivity contribution in [3.8, 4) is 5.75 Å². The molecule has 25 heavy (non-hydrogen) atoms. The molecule has 0 atom stereocenters. The Kier molecular flexibility index (Phi) is 7.02. The number of nitrogen functional groups attached to an aromatic ring is 2. The molecule has 2 aromatic rings. The summed E-state index contributed by atoms with van der Waals surface area (Å²) in [6, 6.07) is 14.9. The largest absolute Gasteiger partial charge is 0.492 e. The minimum Gasteiger partial charge on any atom is -0.492 e. The summed E-state index contributed by atoms with van der Waals surface area (Å²) in [7, 11) is 0. The van der Waals surface area contributed by atoms with Crippen molar-refractivity contribution in [3.63, 3.8) is 0 Å². The highest BCUT2D eigenvalue weighted by molar-refractivity contribution is 7.99. The lowest BCUT2D eigenvalue weighted by atomic mass is 10.2. The third-order valence-corrected chi connectivity index (χ3v) is 5.02. The van der Waals surface area contributed by atoms with Crippen LogP contribution >= 0.6 is 11.8 Å². The van der Waals surface area contributed by atoms with Gasteiger partial charge in [-0.1, -0.05) is 17.8 Å². The molecule has 0 heterocycles. The number of hydrogen-bond acceptors (Lipinski definition) is 5. The van der Waals surface area contributed by atoms with E-state index in [1.54, 1.807) is 11.8 Å². The van der Waals surface area contributed by atoms with E-state index in [0.29, 0.717) is 30.1 Å². The molecule has 0 saturated heterocycles. The Morgan fingerprint density at radius 1 is 0.920 bits per heavy atom. The van der Waals surface area contributed by atoms with Crippen LogP contribution in [0.3, 0.4) is 0 Å². The van der Waals surface area contributed by atoms with Gasteiger partial charge in [0.15, 0.2) is 0 Å². The van der Waals surface area contributed by atoms with E-state index in [1.807, 2.05) is 30.3 Å². The van der Waals surface area contributed by atoms with Crippen molar-refractivity contribution in [1.29, 1.82) is 0 Å². The Morgan fingerprint density at radius 3 is 2.24 bits per heavy atom. The van der Waals surface area contributed by atoms with E-state index >= 15 is 0 Å². The van der Waals surface area contributed by atoms with Crippen LogP contribution in [0.25, 0.3) is 0 Å². The molecule has 0 aliphatic carbocycles. The van der Waals surface area contributed by atoms with Crippen molar-refractivity contribution in [1.82, 2.24) is 4.90 Å². The predicted octanol–water partition coefficient (Wildman–Crippen LogP) is 4.50. The zero-order valence-corrected chi connectivity index (χ0v) is 16.3. The first kappa shape index (κ1) is 19.5. The van der Waals surface area contributed by atoms with Crippen LogP contribution in [0.5, 0.6) is 5.75 Å². The van der Waals surface area contributed by atoms with Crippen molar-refractivity contribution >= 4 is 23.1 Å². The van der Waals surface area contributed by atoms with Crippen molar-refractivity contribution in [2.45, 2.75) is 49.6 Å². The summed E-state index contributed by atoms with van der Waals surface area (Å²) in [4.78, 5) is 4.61. The molecule has 2 aromatic carbocycles. The Labute approximate surface area is 155 Å². The van der Waals surface area contributed by atoms with Gasteiger partial charge in [-0.3, -0.25) is 4.90 Å². The van der Waals surface area contributed by atoms with Crippen molar-refractivity contribution in [3.05, 3.63) is 42.5 Å². The number of nitrogens with two attached hydrogens (primary N) is 2. The highest BCUT2D eigenvalue weighted by atomic mass is 32.2. The van der Waals surface area contributed by atoms with Gasteiger partial charge in [-0.2, -0.15) is 0 Å². The second-order valence-corrected chi connectivity index (χ2v) is 7.79. The summed E-state index contributed by atoms with van der Waals surface area (Å²) < 4.78 is 5.96. The number of benzene rings is 2. The first-order valence-electron chi connectivity index (χ1n) is 8.68. The summed E-state index contributed by atoms with van der Waals surface area (Å²) in [5.74, 6) is 0.890. The second-order valence-electron chi connectivity index (χ2n) is 6.64. The van der Waals surface area contributed by atoms with Gasteiger partial charge in [0.25, 0.3) is 0 Å². The Balaban J connectivity index is 1.95. The number of ether oxygens (including phenoxy) is 1. The number of hydrogen-bond donors (Lipinski definition) is 2. The average molecular weight is 360 g/mol. The van der Waals surface area contributed by atoms with Gasteiger partial charge < -0.3 is 16.2 Å². The quantitative estimate of drug-likeness (QED) is 0.679. The lowest BCUT2D eigenvalue weighted by Gasteiger charge is -2.30. The number of anilines is 2. The van der Waals surface area contributed by atoms with Gasteiger partial charge in [0.1, 0.15) is 12.4 Å². The van der Waals surface area contributed by atoms with Gasteiger partial charge in [-0.15, -0.1) is 0 Å². The van der Waals surface area contributed by atoms with Crippen LogP contribution in [-0.2, 0) is 0 Å². The van der Waals surface area contributed by atoms with E-state index < -0.39 is 0 Å². The fourth-order valence-electron chi connectivity index (χ4n) is 2.76. The topological polar surface area (TPSA) is 64.5 Å². The Bertz CT molecular complexity index is 680. The molecule has 0 bridgehead atoms. The van der Waals surface area contributed by atoms with Crippen molar-refractivity contribution in [2.75, 3.05) is 24.6 Å². The molecule has 4 nitrogen and oxygen atoms in total. The van der Waals surface area contributed by atoms with Gasteiger partial charge >= 0.3 is 0 Å². The summed E-state index contributed by atoms with van der Waals surface area (Å²) in [5.41, 5.74) is 12.9. The second kappa shape index (κ2) is 9.02. The highest BCUT2D eigenvalue weighted by Gasteiger charge is 2.12. The predicted molar refractivity (Wildman–Crippen MR) is 108 cm³/mol. The molecule has 0 saturated carbocycles. The van der Waals surface area contributed by atoms with Crippen LogP contribution in [0.15, 0.2) is 52.3 Å². The molecular formula is C20H29N3OS. The van der Waals surface area contributed by atoms with Gasteiger partial charge in [-0.05, 0) is 64.1 Å². The van der Waals surface area contributed by atoms with Crippen LogP contribution < -0.4 is 16.2 Å². The zero-order chi connectivity index (χ0) is 18.4. The standard InChI is InChI=1S/C20H29N3OS/c1-14(2)23(15(3)4)10-11-24-16-6-5-7-17(12-16)25-18-8-9-19(21)20(22)13-18/h5-9,12-15H,10-11,21-22H2,1-4H3. The van der Waals surface area contributed by atoms with Gasteiger partial charge in [0.05, 0.1) is 11.4 Å². The smallest absolute Gasteiger partial charge is 0.120 e. The van der Waals surface area contributed by atoms with E-state index in [2.05, 4.69) is 44.7 Å². The van der Waals surface area contributed by atoms with Gasteiger partial charge in [0.2, 0.25) is 0 Å². The van der Waals surface area contributed by atoms with E-state index in [9.17, 15) is 0 Å². The first-order chi connectivity index (χ1) is 11.9. The monoisotopic (exact) mass is 359 g/mol. The molecule has 0 aliphatic rings. The van der Waals surface area contributed by atoms with Crippen molar-refractivity contribution < 1.29 is 4.74 Å². The molecule has 0 unspecified atom stereocenters. The third-order valence-electron chi connectivity index (χ3n) is 4.04. The van der Waals surface area contributed by atoms with Crippen LogP contribution in [0.1, 0.15) is 27.7 Å². The highest BCUT2D eigenvalue weighted by Crippen LogP contribution is 2.32. The third kappa shape index (κ3) is 5.87. The SMILES string of the molecule is CC(C)N(CCOc1cccc(Sc2ccc(N)c(N)c2)c1)C(C)C. The normalized spacial score (nSPS) is 11.5. The van der Waals surface area contributed by atoms with E-state index in [1.165, 1.54) is 0 Å². The summed E-state index contributed by atoms with van der Waals surface area (Å²) in [6.45, 7) is 10.5. The van der Waals surface area contributed by atoms with Crippen LogP contribution in [0.2, 0.25) is 0 Å². The lowest BCUT2D eigenvalue weighted by Crippen LogP contribution is -2.39. The molecule has 0 spiro atoms. The molecule has 0 fully saturated rings. The van der Waals surface area contributed by atoms with Gasteiger partial charge in [0, 0.05) is 28.4 Å². The fourth-order valence-corrected chi connectivity index (χ4v) is 3.68. The molecule has 0 aromatic heterocycles. The maximum Gasteiger partial charge on any atom is 0.120 e. The molecule has 136 valence electrons. The Morgan fingerprint density at radius 2 is 1.60 bits per heavy atom. The van der Waals surface area contributed by atoms with E-state index in [0.717, 1.165) is 22.1 Å². The maximum atomic E-state index is 5.96. The fraction of sp³-hybridized carbons (Fsp3) is 0.400. The van der Waals surface area contributed by atoms with Crippen LogP contribution in [0, 0.1) is 0 Å². The molecule has 0 amide bonds. The molecule has 5 heteroatoms. The number of nitrogens with zero attached hydrogens (tertiary/aromatic N) is 1. The minimum absolute atomic E-state index is 0.515. The van der Waals surface area contributed by atoms with E-state index in [-0.39, 0.29) is 0 Å². The molecule has 0 radical (unpaired) electrons. The van der Waals surface area contributed by atoms with Gasteiger partial charge in [-0.25, -0.2) is 0 Å². The average Bonchev–Trinajstić information content (AvgIpc) is 2.55. The molecule has 0 aliphatic heterocycles. The van der Waals surface area contributed by atoms with Crippen LogP contribution in [-0.4, -0.2) is 30.1 Å². The van der Waals surface area contributed by atoms with Crippen molar-refractivity contribution in [2.24, 2.45) is 0 Å².